The van der Waals surface area contributed by atoms with Crippen LogP contribution in [0.5, 0.6) is 0 Å². The summed E-state index contributed by atoms with van der Waals surface area (Å²) >= 11 is 0. The molecule has 1 saturated carbocycles. The van der Waals surface area contributed by atoms with Gasteiger partial charge in [-0.15, -0.1) is 0 Å². The van der Waals surface area contributed by atoms with E-state index in [0.717, 1.165) is 5.56 Å². The predicted octanol–water partition coefficient (Wildman–Crippen LogP) is 1.85. The van der Waals surface area contributed by atoms with Crippen molar-refractivity contribution in [3.63, 3.8) is 0 Å². The summed E-state index contributed by atoms with van der Waals surface area (Å²) in [5.41, 5.74) is 7.08. The first-order valence-corrected chi connectivity index (χ1v) is 6.26. The smallest absolute Gasteiger partial charge is 0.223 e. The van der Waals surface area contributed by atoms with E-state index >= 15 is 0 Å². The topological polar surface area (TPSA) is 55.1 Å². The molecule has 2 unspecified atom stereocenters. The minimum Gasteiger partial charge on any atom is -0.354 e. The van der Waals surface area contributed by atoms with Gasteiger partial charge in [0.25, 0.3) is 0 Å². The Balaban J connectivity index is 1.79. The zero-order chi connectivity index (χ0) is 12.3. The Kier molecular flexibility index (Phi) is 3.79. The van der Waals surface area contributed by atoms with Crippen molar-refractivity contribution in [3.05, 3.63) is 35.9 Å². The van der Waals surface area contributed by atoms with Gasteiger partial charge in [-0.3, -0.25) is 4.79 Å². The summed E-state index contributed by atoms with van der Waals surface area (Å²) < 4.78 is 0. The molecule has 0 bridgehead atoms. The van der Waals surface area contributed by atoms with E-state index in [0.29, 0.717) is 12.5 Å². The van der Waals surface area contributed by atoms with E-state index < -0.39 is 0 Å². The molecule has 0 heterocycles. The van der Waals surface area contributed by atoms with Crippen molar-refractivity contribution in [3.8, 4) is 0 Å². The number of carbonyl (C=O) groups is 1. The third-order valence-electron chi connectivity index (χ3n) is 3.47. The molecule has 3 N–H and O–H groups in total. The second-order valence-corrected chi connectivity index (χ2v) is 4.89. The summed E-state index contributed by atoms with van der Waals surface area (Å²) in [7, 11) is 0. The van der Waals surface area contributed by atoms with Gasteiger partial charge >= 0.3 is 0 Å². The Hall–Kier alpha value is -1.35. The number of hydrogen-bond donors (Lipinski definition) is 2. The monoisotopic (exact) mass is 232 g/mol. The van der Waals surface area contributed by atoms with Gasteiger partial charge in [0.05, 0.1) is 0 Å². The van der Waals surface area contributed by atoms with Crippen LogP contribution in [0.2, 0.25) is 0 Å². The van der Waals surface area contributed by atoms with Gasteiger partial charge in [-0.1, -0.05) is 37.3 Å². The highest BCUT2D eigenvalue weighted by molar-refractivity contribution is 5.78. The van der Waals surface area contributed by atoms with Gasteiger partial charge in [-0.25, -0.2) is 0 Å². The molecular formula is C14H20N2O. The standard InChI is InChI=1S/C14H20N2O/c1-10(11-7-8-11)14(17)16-9-13(15)12-5-3-2-4-6-12/h2-6,10-11,13H,7-9,15H2,1H3,(H,16,17). The van der Waals surface area contributed by atoms with E-state index in [1.54, 1.807) is 0 Å². The SMILES string of the molecule is CC(C(=O)NCC(N)c1ccccc1)C1CC1. The molecular weight excluding hydrogens is 212 g/mol. The van der Waals surface area contributed by atoms with E-state index in [-0.39, 0.29) is 17.9 Å². The van der Waals surface area contributed by atoms with Crippen molar-refractivity contribution in [2.75, 3.05) is 6.54 Å². The molecule has 1 aromatic carbocycles. The van der Waals surface area contributed by atoms with Crippen molar-refractivity contribution in [1.29, 1.82) is 0 Å². The molecule has 1 fully saturated rings. The van der Waals surface area contributed by atoms with Crippen LogP contribution in [-0.4, -0.2) is 12.5 Å². The van der Waals surface area contributed by atoms with Gasteiger partial charge in [0.2, 0.25) is 5.91 Å². The zero-order valence-electron chi connectivity index (χ0n) is 10.2. The average Bonchev–Trinajstić information content (AvgIpc) is 3.20. The normalized spacial score (nSPS) is 18.5. The molecule has 0 aromatic heterocycles. The Morgan fingerprint density at radius 3 is 2.65 bits per heavy atom. The van der Waals surface area contributed by atoms with Gasteiger partial charge in [0.1, 0.15) is 0 Å². The molecule has 0 saturated heterocycles. The quantitative estimate of drug-likeness (QED) is 0.814. The molecule has 17 heavy (non-hydrogen) atoms. The van der Waals surface area contributed by atoms with E-state index in [4.69, 9.17) is 5.73 Å². The second-order valence-electron chi connectivity index (χ2n) is 4.89. The Morgan fingerprint density at radius 1 is 1.41 bits per heavy atom. The highest BCUT2D eigenvalue weighted by Gasteiger charge is 2.32. The molecule has 0 radical (unpaired) electrons. The fraction of sp³-hybridized carbons (Fsp3) is 0.500. The third kappa shape index (κ3) is 3.30. The minimum absolute atomic E-state index is 0.119. The van der Waals surface area contributed by atoms with Crippen LogP contribution in [-0.2, 0) is 4.79 Å². The second kappa shape index (κ2) is 5.32. The first-order chi connectivity index (χ1) is 8.18. The van der Waals surface area contributed by atoms with Crippen molar-refractivity contribution < 1.29 is 4.79 Å². The minimum atomic E-state index is -0.119. The van der Waals surface area contributed by atoms with Crippen LogP contribution in [0.25, 0.3) is 0 Å². The van der Waals surface area contributed by atoms with Crippen LogP contribution in [0.4, 0.5) is 0 Å². The number of nitrogens with one attached hydrogen (secondary N) is 1. The van der Waals surface area contributed by atoms with Crippen LogP contribution in [0.1, 0.15) is 31.4 Å². The molecule has 2 rings (SSSR count). The Morgan fingerprint density at radius 2 is 2.06 bits per heavy atom. The summed E-state index contributed by atoms with van der Waals surface area (Å²) in [5.74, 6) is 0.875. The van der Waals surface area contributed by atoms with Crippen molar-refractivity contribution in [2.24, 2.45) is 17.6 Å². The summed E-state index contributed by atoms with van der Waals surface area (Å²) in [6.45, 7) is 2.51. The summed E-state index contributed by atoms with van der Waals surface area (Å²) in [4.78, 5) is 11.8. The van der Waals surface area contributed by atoms with Crippen molar-refractivity contribution >= 4 is 5.91 Å². The molecule has 0 aliphatic heterocycles. The van der Waals surface area contributed by atoms with E-state index in [1.165, 1.54) is 12.8 Å². The molecule has 1 amide bonds. The summed E-state index contributed by atoms with van der Waals surface area (Å²) in [6.07, 6.45) is 2.39. The number of amides is 1. The first kappa shape index (κ1) is 12.1. The lowest BCUT2D eigenvalue weighted by molar-refractivity contribution is -0.125. The van der Waals surface area contributed by atoms with Crippen LogP contribution in [0, 0.1) is 11.8 Å². The Bertz CT molecular complexity index is 373. The fourth-order valence-corrected chi connectivity index (χ4v) is 2.00. The number of hydrogen-bond acceptors (Lipinski definition) is 2. The van der Waals surface area contributed by atoms with Gasteiger partial charge in [-0.05, 0) is 24.3 Å². The Labute approximate surface area is 102 Å². The lowest BCUT2D eigenvalue weighted by Crippen LogP contribution is -2.35. The van der Waals surface area contributed by atoms with Gasteiger partial charge in [0.15, 0.2) is 0 Å². The number of benzene rings is 1. The van der Waals surface area contributed by atoms with Crippen LogP contribution >= 0.6 is 0 Å². The van der Waals surface area contributed by atoms with Crippen molar-refractivity contribution in [2.45, 2.75) is 25.8 Å². The van der Waals surface area contributed by atoms with E-state index in [2.05, 4.69) is 5.32 Å². The molecule has 1 aromatic rings. The molecule has 3 nitrogen and oxygen atoms in total. The van der Waals surface area contributed by atoms with Gasteiger partial charge < -0.3 is 11.1 Å². The van der Waals surface area contributed by atoms with E-state index in [9.17, 15) is 4.79 Å². The predicted molar refractivity (Wildman–Crippen MR) is 68.3 cm³/mol. The molecule has 1 aliphatic rings. The van der Waals surface area contributed by atoms with Gasteiger partial charge in [0, 0.05) is 18.5 Å². The molecule has 1 aliphatic carbocycles. The first-order valence-electron chi connectivity index (χ1n) is 6.26. The molecule has 3 heteroatoms. The van der Waals surface area contributed by atoms with Crippen LogP contribution in [0.3, 0.4) is 0 Å². The summed E-state index contributed by atoms with van der Waals surface area (Å²) in [5, 5.41) is 2.94. The van der Waals surface area contributed by atoms with Crippen LogP contribution < -0.4 is 11.1 Å². The maximum Gasteiger partial charge on any atom is 0.223 e. The average molecular weight is 232 g/mol. The molecule has 92 valence electrons. The number of carbonyl (C=O) groups excluding carboxylic acids is 1. The highest BCUT2D eigenvalue weighted by atomic mass is 16.1. The third-order valence-corrected chi connectivity index (χ3v) is 3.47. The maximum absolute atomic E-state index is 11.8. The van der Waals surface area contributed by atoms with Gasteiger partial charge in [-0.2, -0.15) is 0 Å². The van der Waals surface area contributed by atoms with Crippen LogP contribution in [0.15, 0.2) is 30.3 Å². The number of nitrogens with two attached hydrogens (primary N) is 1. The largest absolute Gasteiger partial charge is 0.354 e. The zero-order valence-corrected chi connectivity index (χ0v) is 10.2. The fourth-order valence-electron chi connectivity index (χ4n) is 2.00. The molecule has 2 atom stereocenters. The highest BCUT2D eigenvalue weighted by Crippen LogP contribution is 2.36. The molecule has 0 spiro atoms. The van der Waals surface area contributed by atoms with E-state index in [1.807, 2.05) is 37.3 Å². The lowest BCUT2D eigenvalue weighted by atomic mass is 10.0. The lowest BCUT2D eigenvalue weighted by Gasteiger charge is -2.15. The maximum atomic E-state index is 11.8. The number of rotatable bonds is 5. The summed E-state index contributed by atoms with van der Waals surface area (Å²) in [6, 6.07) is 9.74. The van der Waals surface area contributed by atoms with Crippen molar-refractivity contribution in [1.82, 2.24) is 5.32 Å².